The summed E-state index contributed by atoms with van der Waals surface area (Å²) in [6.07, 6.45) is 1.03. The number of nitrogens with one attached hydrogen (secondary N) is 1. The van der Waals surface area contributed by atoms with Crippen molar-refractivity contribution >= 4 is 21.8 Å². The molecule has 112 valence electrons. The third-order valence-electron chi connectivity index (χ3n) is 2.84. The third kappa shape index (κ3) is 2.87. The number of hydrogen-bond donors (Lipinski definition) is 2. The molecular formula is C12H12FN3O4S. The smallest absolute Gasteiger partial charge is 0.341 e. The molecule has 0 aliphatic rings. The molecule has 1 heterocycles. The fraction of sp³-hybridized carbons (Fsp3) is 0.167. The third-order valence-corrected chi connectivity index (χ3v) is 4.32. The second-order valence-electron chi connectivity index (χ2n) is 4.35. The lowest BCUT2D eigenvalue weighted by atomic mass is 10.2. The first-order valence-electron chi connectivity index (χ1n) is 5.76. The van der Waals surface area contributed by atoms with Crippen LogP contribution in [0.2, 0.25) is 0 Å². The van der Waals surface area contributed by atoms with Gasteiger partial charge in [-0.1, -0.05) is 6.07 Å². The second-order valence-corrected chi connectivity index (χ2v) is 6.00. The fourth-order valence-electron chi connectivity index (χ4n) is 1.76. The summed E-state index contributed by atoms with van der Waals surface area (Å²) in [4.78, 5) is 10.8. The van der Waals surface area contributed by atoms with E-state index in [1.165, 1.54) is 20.0 Å². The molecule has 1 aromatic heterocycles. The Kier molecular flexibility index (Phi) is 3.69. The first-order chi connectivity index (χ1) is 9.72. The lowest BCUT2D eigenvalue weighted by Crippen LogP contribution is -2.18. The average Bonchev–Trinajstić information content (AvgIpc) is 2.73. The molecule has 0 radical (unpaired) electrons. The lowest BCUT2D eigenvalue weighted by molar-refractivity contribution is 0.0698. The van der Waals surface area contributed by atoms with Gasteiger partial charge in [0, 0.05) is 7.05 Å². The number of aryl methyl sites for hydroxylation is 2. The molecule has 0 unspecified atom stereocenters. The second kappa shape index (κ2) is 5.17. The monoisotopic (exact) mass is 313 g/mol. The highest BCUT2D eigenvalue weighted by atomic mass is 32.2. The van der Waals surface area contributed by atoms with Crippen molar-refractivity contribution in [1.82, 2.24) is 9.78 Å². The summed E-state index contributed by atoms with van der Waals surface area (Å²) in [5.74, 6) is -2.23. The Morgan fingerprint density at radius 2 is 2.10 bits per heavy atom. The molecule has 0 bridgehead atoms. The van der Waals surface area contributed by atoms with E-state index in [1.807, 2.05) is 0 Å². The van der Waals surface area contributed by atoms with E-state index in [0.717, 1.165) is 23.0 Å². The SMILES string of the molecule is Cc1ccc(F)cc1S(=O)(=O)Nc1c(C(=O)O)cnn1C. The summed E-state index contributed by atoms with van der Waals surface area (Å²) in [6, 6.07) is 3.33. The number of carbonyl (C=O) groups is 1. The van der Waals surface area contributed by atoms with Crippen molar-refractivity contribution < 1.29 is 22.7 Å². The molecule has 0 aliphatic carbocycles. The van der Waals surface area contributed by atoms with Crippen molar-refractivity contribution in [2.24, 2.45) is 7.05 Å². The summed E-state index contributed by atoms with van der Waals surface area (Å²) < 4.78 is 41.0. The van der Waals surface area contributed by atoms with E-state index >= 15 is 0 Å². The maximum atomic E-state index is 13.2. The number of sulfonamides is 1. The number of hydrogen-bond acceptors (Lipinski definition) is 4. The Balaban J connectivity index is 2.50. The molecule has 9 heteroatoms. The molecule has 2 rings (SSSR count). The molecule has 0 spiro atoms. The Morgan fingerprint density at radius 3 is 2.71 bits per heavy atom. The zero-order valence-corrected chi connectivity index (χ0v) is 12.0. The Morgan fingerprint density at radius 1 is 1.43 bits per heavy atom. The number of carboxylic acid groups (broad SMARTS) is 1. The molecule has 2 aromatic rings. The first-order valence-corrected chi connectivity index (χ1v) is 7.25. The minimum atomic E-state index is -4.13. The van der Waals surface area contributed by atoms with Gasteiger partial charge in [-0.2, -0.15) is 5.10 Å². The lowest BCUT2D eigenvalue weighted by Gasteiger charge is -2.11. The van der Waals surface area contributed by atoms with Gasteiger partial charge in [0.25, 0.3) is 10.0 Å². The van der Waals surface area contributed by atoms with E-state index in [-0.39, 0.29) is 16.3 Å². The van der Waals surface area contributed by atoms with Crippen LogP contribution in [-0.2, 0) is 17.1 Å². The zero-order valence-electron chi connectivity index (χ0n) is 11.2. The number of rotatable bonds is 4. The van der Waals surface area contributed by atoms with Crippen LogP contribution in [0.25, 0.3) is 0 Å². The number of anilines is 1. The molecule has 0 fully saturated rings. The summed E-state index contributed by atoms with van der Waals surface area (Å²) in [7, 11) is -2.74. The Bertz CT molecular complexity index is 814. The molecular weight excluding hydrogens is 301 g/mol. The van der Waals surface area contributed by atoms with E-state index in [2.05, 4.69) is 9.82 Å². The van der Waals surface area contributed by atoms with Crippen molar-refractivity contribution in [3.05, 3.63) is 41.3 Å². The normalized spacial score (nSPS) is 11.4. The Hall–Kier alpha value is -2.42. The number of aromatic nitrogens is 2. The minimum absolute atomic E-state index is 0.203. The molecule has 0 saturated heterocycles. The predicted molar refractivity (Wildman–Crippen MR) is 72.1 cm³/mol. The van der Waals surface area contributed by atoms with Crippen LogP contribution in [0.1, 0.15) is 15.9 Å². The Labute approximate surface area is 120 Å². The van der Waals surface area contributed by atoms with E-state index < -0.39 is 21.8 Å². The summed E-state index contributed by atoms with van der Waals surface area (Å²) in [6.45, 7) is 1.51. The van der Waals surface area contributed by atoms with Crippen molar-refractivity contribution in [2.45, 2.75) is 11.8 Å². The van der Waals surface area contributed by atoms with Gasteiger partial charge >= 0.3 is 5.97 Å². The van der Waals surface area contributed by atoms with Crippen LogP contribution in [0.3, 0.4) is 0 Å². The van der Waals surface area contributed by atoms with Crippen LogP contribution in [0.5, 0.6) is 0 Å². The van der Waals surface area contributed by atoms with E-state index in [1.54, 1.807) is 0 Å². The zero-order chi connectivity index (χ0) is 15.8. The van der Waals surface area contributed by atoms with Gasteiger partial charge in [0.1, 0.15) is 11.4 Å². The molecule has 7 nitrogen and oxygen atoms in total. The molecule has 0 atom stereocenters. The average molecular weight is 313 g/mol. The van der Waals surface area contributed by atoms with Crippen molar-refractivity contribution in [3.63, 3.8) is 0 Å². The highest BCUT2D eigenvalue weighted by Gasteiger charge is 2.23. The topological polar surface area (TPSA) is 101 Å². The van der Waals surface area contributed by atoms with E-state index in [9.17, 15) is 17.6 Å². The standard InChI is InChI=1S/C12H12FN3O4S/c1-7-3-4-8(13)5-10(7)21(19,20)15-11-9(12(17)18)6-14-16(11)2/h3-6,15H,1-2H3,(H,17,18). The van der Waals surface area contributed by atoms with Crippen LogP contribution >= 0.6 is 0 Å². The van der Waals surface area contributed by atoms with E-state index in [0.29, 0.717) is 5.56 Å². The predicted octanol–water partition coefficient (Wildman–Crippen LogP) is 1.37. The maximum absolute atomic E-state index is 13.2. The van der Waals surface area contributed by atoms with Crippen LogP contribution in [0.15, 0.2) is 29.3 Å². The van der Waals surface area contributed by atoms with Gasteiger partial charge in [-0.05, 0) is 24.6 Å². The molecule has 0 saturated carbocycles. The van der Waals surface area contributed by atoms with Crippen molar-refractivity contribution in [2.75, 3.05) is 4.72 Å². The number of benzene rings is 1. The van der Waals surface area contributed by atoms with Crippen LogP contribution in [0, 0.1) is 12.7 Å². The maximum Gasteiger partial charge on any atom is 0.341 e. The van der Waals surface area contributed by atoms with Crippen LogP contribution in [-0.4, -0.2) is 29.3 Å². The fourth-order valence-corrected chi connectivity index (χ4v) is 3.13. The van der Waals surface area contributed by atoms with Gasteiger partial charge in [0.2, 0.25) is 0 Å². The van der Waals surface area contributed by atoms with Gasteiger partial charge in [-0.25, -0.2) is 17.6 Å². The number of nitrogens with zero attached hydrogens (tertiary/aromatic N) is 2. The number of aromatic carboxylic acids is 1. The van der Waals surface area contributed by atoms with Gasteiger partial charge in [0.05, 0.1) is 11.1 Å². The van der Waals surface area contributed by atoms with Crippen molar-refractivity contribution in [3.8, 4) is 0 Å². The van der Waals surface area contributed by atoms with Crippen LogP contribution in [0.4, 0.5) is 10.2 Å². The van der Waals surface area contributed by atoms with Gasteiger partial charge < -0.3 is 5.11 Å². The summed E-state index contributed by atoms with van der Waals surface area (Å²) in [5, 5.41) is 12.7. The molecule has 0 amide bonds. The molecule has 0 aliphatic heterocycles. The van der Waals surface area contributed by atoms with Gasteiger partial charge in [-0.3, -0.25) is 9.40 Å². The first kappa shape index (κ1) is 15.0. The van der Waals surface area contributed by atoms with Gasteiger partial charge in [-0.15, -0.1) is 0 Å². The largest absolute Gasteiger partial charge is 0.477 e. The van der Waals surface area contributed by atoms with Crippen LogP contribution < -0.4 is 4.72 Å². The molecule has 21 heavy (non-hydrogen) atoms. The minimum Gasteiger partial charge on any atom is -0.477 e. The summed E-state index contributed by atoms with van der Waals surface area (Å²) >= 11 is 0. The number of halogens is 1. The summed E-state index contributed by atoms with van der Waals surface area (Å²) in [5.41, 5.74) is 0.0399. The molecule has 1 aromatic carbocycles. The quantitative estimate of drug-likeness (QED) is 0.887. The highest BCUT2D eigenvalue weighted by molar-refractivity contribution is 7.92. The molecule has 2 N–H and O–H groups in total. The highest BCUT2D eigenvalue weighted by Crippen LogP contribution is 2.22. The van der Waals surface area contributed by atoms with Crippen molar-refractivity contribution in [1.29, 1.82) is 0 Å². The number of carboxylic acids is 1. The van der Waals surface area contributed by atoms with Gasteiger partial charge in [0.15, 0.2) is 5.82 Å². The van der Waals surface area contributed by atoms with E-state index in [4.69, 9.17) is 5.11 Å².